The zero-order valence-electron chi connectivity index (χ0n) is 13.8. The van der Waals surface area contributed by atoms with E-state index in [9.17, 15) is 9.59 Å². The Kier molecular flexibility index (Phi) is 5.09. The maximum absolute atomic E-state index is 12.3. The summed E-state index contributed by atoms with van der Waals surface area (Å²) >= 11 is 0. The molecule has 0 amide bonds. The van der Waals surface area contributed by atoms with E-state index in [1.165, 1.54) is 10.8 Å². The molecule has 0 atom stereocenters. The number of nitrogens with zero attached hydrogens (tertiary/aromatic N) is 2. The molecule has 1 heterocycles. The largest absolute Gasteiger partial charge is 0.490 e. The van der Waals surface area contributed by atoms with Gasteiger partial charge in [-0.15, -0.1) is 0 Å². The average molecular weight is 338 g/mol. The van der Waals surface area contributed by atoms with Crippen LogP contribution in [0.1, 0.15) is 13.3 Å². The number of rotatable bonds is 6. The third-order valence-electron chi connectivity index (χ3n) is 3.57. The number of ether oxygens (including phenoxy) is 2. The summed E-state index contributed by atoms with van der Waals surface area (Å²) in [7, 11) is 0. The molecule has 0 fully saturated rings. The maximum Gasteiger partial charge on any atom is 0.331 e. The van der Waals surface area contributed by atoms with Gasteiger partial charge in [-0.3, -0.25) is 9.36 Å². The molecule has 0 bridgehead atoms. The zero-order chi connectivity index (χ0) is 17.6. The van der Waals surface area contributed by atoms with E-state index in [-0.39, 0.29) is 12.1 Å². The summed E-state index contributed by atoms with van der Waals surface area (Å²) in [4.78, 5) is 28.5. The molecule has 2 aromatic carbocycles. The highest BCUT2D eigenvalue weighted by Gasteiger charge is 2.13. The lowest BCUT2D eigenvalue weighted by molar-refractivity contribution is -0.135. The Morgan fingerprint density at radius 3 is 2.60 bits per heavy atom. The van der Waals surface area contributed by atoms with Crippen molar-refractivity contribution in [2.45, 2.75) is 19.9 Å². The van der Waals surface area contributed by atoms with Crippen LogP contribution in [0.3, 0.4) is 0 Å². The lowest BCUT2D eigenvalue weighted by Gasteiger charge is -2.12. The predicted octanol–water partition coefficient (Wildman–Crippen LogP) is 2.79. The van der Waals surface area contributed by atoms with Gasteiger partial charge >= 0.3 is 5.97 Å². The number of hydrogen-bond donors (Lipinski definition) is 0. The van der Waals surface area contributed by atoms with Gasteiger partial charge in [0.05, 0.1) is 23.8 Å². The molecule has 0 unspecified atom stereocenters. The van der Waals surface area contributed by atoms with Crippen molar-refractivity contribution >= 4 is 17.0 Å². The maximum atomic E-state index is 12.3. The Balaban J connectivity index is 1.83. The number of fused-ring (bicyclic) bond motifs is 1. The molecular weight excluding hydrogens is 320 g/mol. The van der Waals surface area contributed by atoms with Crippen molar-refractivity contribution in [1.29, 1.82) is 0 Å². The fourth-order valence-corrected chi connectivity index (χ4v) is 2.43. The van der Waals surface area contributed by atoms with Crippen molar-refractivity contribution in [3.8, 4) is 11.5 Å². The highest BCUT2D eigenvalue weighted by Crippen LogP contribution is 2.26. The molecule has 0 N–H and O–H groups in total. The number of esters is 1. The summed E-state index contributed by atoms with van der Waals surface area (Å²) in [5.74, 6) is 0.294. The van der Waals surface area contributed by atoms with Crippen molar-refractivity contribution in [3.63, 3.8) is 0 Å². The van der Waals surface area contributed by atoms with Crippen LogP contribution >= 0.6 is 0 Å². The fourth-order valence-electron chi connectivity index (χ4n) is 2.43. The minimum atomic E-state index is -0.550. The summed E-state index contributed by atoms with van der Waals surface area (Å²) in [5, 5.41) is 0. The molecule has 0 aliphatic heterocycles. The van der Waals surface area contributed by atoms with Crippen LogP contribution in [0.5, 0.6) is 11.5 Å². The van der Waals surface area contributed by atoms with Gasteiger partial charge in [0, 0.05) is 0 Å². The highest BCUT2D eigenvalue weighted by molar-refractivity contribution is 5.78. The van der Waals surface area contributed by atoms with E-state index < -0.39 is 5.97 Å². The minimum absolute atomic E-state index is 0.204. The van der Waals surface area contributed by atoms with Gasteiger partial charge in [0.2, 0.25) is 0 Å². The van der Waals surface area contributed by atoms with Gasteiger partial charge in [0.1, 0.15) is 6.54 Å². The van der Waals surface area contributed by atoms with Crippen LogP contribution in [0.4, 0.5) is 0 Å². The standard InChI is InChI=1S/C19H18N2O4/c1-2-11-24-16-9-5-6-10-17(16)25-19(23)13-21-15-8-4-3-7-14(15)20-12-18(21)22/h3-10,12H,2,11,13H2,1H3. The molecule has 6 nitrogen and oxygen atoms in total. The first kappa shape index (κ1) is 16.7. The zero-order valence-corrected chi connectivity index (χ0v) is 13.8. The number of hydrogen-bond acceptors (Lipinski definition) is 5. The van der Waals surface area contributed by atoms with Gasteiger partial charge < -0.3 is 9.47 Å². The first-order valence-electron chi connectivity index (χ1n) is 8.06. The molecule has 0 saturated carbocycles. The number of carbonyl (C=O) groups is 1. The minimum Gasteiger partial charge on any atom is -0.490 e. The summed E-state index contributed by atoms with van der Waals surface area (Å²) in [5.41, 5.74) is 0.871. The Bertz CT molecular complexity index is 949. The monoisotopic (exact) mass is 338 g/mol. The normalized spacial score (nSPS) is 10.6. The van der Waals surface area contributed by atoms with Gasteiger partial charge in [-0.05, 0) is 30.7 Å². The quantitative estimate of drug-likeness (QED) is 0.510. The van der Waals surface area contributed by atoms with E-state index in [0.29, 0.717) is 29.1 Å². The Hall–Kier alpha value is -3.15. The van der Waals surface area contributed by atoms with Gasteiger partial charge in [-0.25, -0.2) is 9.78 Å². The number of aromatic nitrogens is 2. The van der Waals surface area contributed by atoms with Crippen molar-refractivity contribution in [3.05, 3.63) is 65.1 Å². The van der Waals surface area contributed by atoms with Crippen LogP contribution in [0.15, 0.2) is 59.5 Å². The smallest absolute Gasteiger partial charge is 0.331 e. The third kappa shape index (κ3) is 3.85. The van der Waals surface area contributed by atoms with Crippen LogP contribution < -0.4 is 15.0 Å². The summed E-state index contributed by atoms with van der Waals surface area (Å²) < 4.78 is 12.3. The van der Waals surface area contributed by atoms with Gasteiger partial charge in [0.15, 0.2) is 11.5 Å². The summed E-state index contributed by atoms with van der Waals surface area (Å²) in [6.07, 6.45) is 2.05. The molecule has 0 aliphatic rings. The molecule has 6 heteroatoms. The molecule has 0 radical (unpaired) electrons. The van der Waals surface area contributed by atoms with Gasteiger partial charge in [0.25, 0.3) is 5.56 Å². The highest BCUT2D eigenvalue weighted by atomic mass is 16.6. The molecule has 25 heavy (non-hydrogen) atoms. The van der Waals surface area contributed by atoms with Crippen LogP contribution in [-0.2, 0) is 11.3 Å². The van der Waals surface area contributed by atoms with Gasteiger partial charge in [-0.2, -0.15) is 0 Å². The summed E-state index contributed by atoms with van der Waals surface area (Å²) in [6, 6.07) is 14.1. The molecule has 0 aliphatic carbocycles. The second-order valence-corrected chi connectivity index (χ2v) is 5.44. The number of para-hydroxylation sites is 4. The van der Waals surface area contributed by atoms with E-state index in [1.54, 1.807) is 36.4 Å². The van der Waals surface area contributed by atoms with Crippen molar-refractivity contribution in [2.24, 2.45) is 0 Å². The van der Waals surface area contributed by atoms with E-state index in [4.69, 9.17) is 9.47 Å². The Labute approximate surface area is 144 Å². The lowest BCUT2D eigenvalue weighted by Crippen LogP contribution is -2.27. The fraction of sp³-hybridized carbons (Fsp3) is 0.211. The van der Waals surface area contributed by atoms with Crippen molar-refractivity contribution in [1.82, 2.24) is 9.55 Å². The predicted molar refractivity (Wildman–Crippen MR) is 93.9 cm³/mol. The van der Waals surface area contributed by atoms with Crippen LogP contribution in [0.25, 0.3) is 11.0 Å². The van der Waals surface area contributed by atoms with Crippen LogP contribution in [0.2, 0.25) is 0 Å². The Morgan fingerprint density at radius 2 is 1.80 bits per heavy atom. The average Bonchev–Trinajstić information content (AvgIpc) is 2.63. The first-order valence-corrected chi connectivity index (χ1v) is 8.06. The van der Waals surface area contributed by atoms with Crippen LogP contribution in [0, 0.1) is 0 Å². The first-order chi connectivity index (χ1) is 12.2. The molecule has 3 aromatic rings. The van der Waals surface area contributed by atoms with E-state index >= 15 is 0 Å². The molecule has 0 spiro atoms. The van der Waals surface area contributed by atoms with Gasteiger partial charge in [-0.1, -0.05) is 31.2 Å². The van der Waals surface area contributed by atoms with Crippen molar-refractivity contribution < 1.29 is 14.3 Å². The number of carbonyl (C=O) groups excluding carboxylic acids is 1. The van der Waals surface area contributed by atoms with E-state index in [0.717, 1.165) is 6.42 Å². The molecule has 0 saturated heterocycles. The van der Waals surface area contributed by atoms with Crippen molar-refractivity contribution in [2.75, 3.05) is 6.61 Å². The molecular formula is C19H18N2O4. The lowest BCUT2D eigenvalue weighted by atomic mass is 10.3. The van der Waals surface area contributed by atoms with E-state index in [2.05, 4.69) is 4.98 Å². The molecule has 1 aromatic heterocycles. The Morgan fingerprint density at radius 1 is 1.08 bits per heavy atom. The molecule has 3 rings (SSSR count). The topological polar surface area (TPSA) is 70.4 Å². The third-order valence-corrected chi connectivity index (χ3v) is 3.57. The number of benzene rings is 2. The summed E-state index contributed by atoms with van der Waals surface area (Å²) in [6.45, 7) is 2.32. The van der Waals surface area contributed by atoms with E-state index in [1.807, 2.05) is 19.1 Å². The SMILES string of the molecule is CCCOc1ccccc1OC(=O)Cn1c(=O)cnc2ccccc21. The molecule has 128 valence electrons. The van der Waals surface area contributed by atoms with Crippen LogP contribution in [-0.4, -0.2) is 22.1 Å². The second kappa shape index (κ2) is 7.61. The second-order valence-electron chi connectivity index (χ2n) is 5.44.